The van der Waals surface area contributed by atoms with Crippen molar-refractivity contribution >= 4 is 11.6 Å². The molecule has 0 aromatic heterocycles. The van der Waals surface area contributed by atoms with Gasteiger partial charge in [-0.25, -0.2) is 0 Å². The Morgan fingerprint density at radius 2 is 1.84 bits per heavy atom. The van der Waals surface area contributed by atoms with E-state index in [1.165, 1.54) is 0 Å². The maximum atomic E-state index is 11.9. The zero-order valence-corrected chi connectivity index (χ0v) is 12.0. The molecule has 0 fully saturated rings. The minimum Gasteiger partial charge on any atom is -0.389 e. The van der Waals surface area contributed by atoms with E-state index in [1.807, 2.05) is 56.1 Å². The average molecular weight is 264 g/mol. The summed E-state index contributed by atoms with van der Waals surface area (Å²) in [5.41, 5.74) is 0.0871. The van der Waals surface area contributed by atoms with Crippen molar-refractivity contribution in [1.29, 1.82) is 0 Å². The van der Waals surface area contributed by atoms with E-state index in [0.29, 0.717) is 19.4 Å². The second-order valence-electron chi connectivity index (χ2n) is 5.02. The van der Waals surface area contributed by atoms with Crippen LogP contribution in [0.5, 0.6) is 0 Å². The Balaban J connectivity index is 2.44. The molecule has 0 heterocycles. The van der Waals surface area contributed by atoms with Crippen LogP contribution in [-0.4, -0.2) is 41.7 Å². The number of likely N-dealkylation sites (N-methyl/N-ethyl adjacent to an activating group) is 1. The van der Waals surface area contributed by atoms with Crippen LogP contribution in [0.2, 0.25) is 0 Å². The zero-order chi connectivity index (χ0) is 14.3. The highest BCUT2D eigenvalue weighted by Crippen LogP contribution is 2.15. The molecule has 1 aromatic carbocycles. The Labute approximate surface area is 115 Å². The fourth-order valence-electron chi connectivity index (χ4n) is 2.00. The van der Waals surface area contributed by atoms with Crippen LogP contribution in [-0.2, 0) is 4.79 Å². The summed E-state index contributed by atoms with van der Waals surface area (Å²) in [5.74, 6) is -0.0664. The van der Waals surface area contributed by atoms with E-state index in [-0.39, 0.29) is 12.5 Å². The second-order valence-corrected chi connectivity index (χ2v) is 5.02. The lowest BCUT2D eigenvalue weighted by atomic mass is 9.97. The normalized spacial score (nSPS) is 11.6. The third-order valence-electron chi connectivity index (χ3n) is 3.35. The number of aliphatic hydroxyl groups is 1. The first-order chi connectivity index (χ1) is 8.99. The molecule has 19 heavy (non-hydrogen) atoms. The molecule has 1 amide bonds. The van der Waals surface area contributed by atoms with Crippen molar-refractivity contribution in [2.24, 2.45) is 0 Å². The number of rotatable bonds is 7. The van der Waals surface area contributed by atoms with E-state index in [2.05, 4.69) is 5.32 Å². The molecular weight excluding hydrogens is 240 g/mol. The summed E-state index contributed by atoms with van der Waals surface area (Å²) < 4.78 is 0. The average Bonchev–Trinajstić information content (AvgIpc) is 2.39. The Bertz CT molecular complexity index is 388. The first kappa shape index (κ1) is 15.7. The van der Waals surface area contributed by atoms with Gasteiger partial charge in [-0.3, -0.25) is 9.69 Å². The third kappa shape index (κ3) is 5.41. The van der Waals surface area contributed by atoms with Gasteiger partial charge in [0.1, 0.15) is 0 Å². The molecular formula is C15H24N2O2. The summed E-state index contributed by atoms with van der Waals surface area (Å²) in [6.07, 6.45) is 1.38. The summed E-state index contributed by atoms with van der Waals surface area (Å²) in [7, 11) is 1.85. The summed E-state index contributed by atoms with van der Waals surface area (Å²) in [6.45, 7) is 4.70. The van der Waals surface area contributed by atoms with Crippen molar-refractivity contribution in [2.75, 3.05) is 25.5 Å². The lowest BCUT2D eigenvalue weighted by molar-refractivity contribution is -0.117. The highest BCUT2D eigenvalue weighted by atomic mass is 16.3. The molecule has 0 bridgehead atoms. The van der Waals surface area contributed by atoms with Gasteiger partial charge in [0.05, 0.1) is 12.1 Å². The van der Waals surface area contributed by atoms with Crippen LogP contribution < -0.4 is 5.32 Å². The van der Waals surface area contributed by atoms with Crippen molar-refractivity contribution < 1.29 is 9.90 Å². The highest BCUT2D eigenvalue weighted by molar-refractivity contribution is 5.92. The van der Waals surface area contributed by atoms with Gasteiger partial charge >= 0.3 is 0 Å². The SMILES string of the molecule is CCC(O)(CC)CN(C)CC(=O)Nc1ccccc1. The number of carbonyl (C=O) groups excluding carboxylic acids is 1. The Morgan fingerprint density at radius 1 is 1.26 bits per heavy atom. The van der Waals surface area contributed by atoms with Gasteiger partial charge in [-0.05, 0) is 32.0 Å². The minimum atomic E-state index is -0.707. The largest absolute Gasteiger partial charge is 0.389 e. The number of hydrogen-bond donors (Lipinski definition) is 2. The predicted octanol–water partition coefficient (Wildman–Crippen LogP) is 2.11. The standard InChI is InChI=1S/C15H24N2O2/c1-4-15(19,5-2)12-17(3)11-14(18)16-13-9-7-6-8-10-13/h6-10,19H,4-5,11-12H2,1-3H3,(H,16,18). The molecule has 0 saturated carbocycles. The summed E-state index contributed by atoms with van der Waals surface area (Å²) >= 11 is 0. The predicted molar refractivity (Wildman–Crippen MR) is 78.1 cm³/mol. The Morgan fingerprint density at radius 3 is 2.37 bits per heavy atom. The van der Waals surface area contributed by atoms with Crippen molar-refractivity contribution in [3.8, 4) is 0 Å². The van der Waals surface area contributed by atoms with E-state index >= 15 is 0 Å². The van der Waals surface area contributed by atoms with Gasteiger partial charge < -0.3 is 10.4 Å². The van der Waals surface area contributed by atoms with Crippen molar-refractivity contribution in [3.63, 3.8) is 0 Å². The molecule has 0 unspecified atom stereocenters. The van der Waals surface area contributed by atoms with Crippen LogP contribution in [0.25, 0.3) is 0 Å². The van der Waals surface area contributed by atoms with Gasteiger partial charge in [-0.2, -0.15) is 0 Å². The van der Waals surface area contributed by atoms with E-state index in [4.69, 9.17) is 0 Å². The highest BCUT2D eigenvalue weighted by Gasteiger charge is 2.24. The summed E-state index contributed by atoms with van der Waals surface area (Å²) in [4.78, 5) is 13.7. The van der Waals surface area contributed by atoms with Gasteiger partial charge in [0.2, 0.25) is 5.91 Å². The van der Waals surface area contributed by atoms with Crippen LogP contribution in [0.15, 0.2) is 30.3 Å². The number of para-hydroxylation sites is 1. The number of hydrogen-bond acceptors (Lipinski definition) is 3. The minimum absolute atomic E-state index is 0.0664. The number of carbonyl (C=O) groups is 1. The lowest BCUT2D eigenvalue weighted by Gasteiger charge is -2.30. The van der Waals surface area contributed by atoms with Crippen LogP contribution >= 0.6 is 0 Å². The van der Waals surface area contributed by atoms with E-state index in [0.717, 1.165) is 5.69 Å². The quantitative estimate of drug-likeness (QED) is 0.793. The monoisotopic (exact) mass is 264 g/mol. The second kappa shape index (κ2) is 7.26. The van der Waals surface area contributed by atoms with Crippen LogP contribution in [0, 0.1) is 0 Å². The fraction of sp³-hybridized carbons (Fsp3) is 0.533. The number of nitrogens with zero attached hydrogens (tertiary/aromatic N) is 1. The van der Waals surface area contributed by atoms with E-state index in [9.17, 15) is 9.90 Å². The van der Waals surface area contributed by atoms with Gasteiger partial charge in [0.15, 0.2) is 0 Å². The Kier molecular flexibility index (Phi) is 5.99. The van der Waals surface area contributed by atoms with Crippen LogP contribution in [0.4, 0.5) is 5.69 Å². The molecule has 0 spiro atoms. The molecule has 2 N–H and O–H groups in total. The molecule has 0 aliphatic rings. The molecule has 0 atom stereocenters. The van der Waals surface area contributed by atoms with Gasteiger partial charge in [0.25, 0.3) is 0 Å². The van der Waals surface area contributed by atoms with E-state index in [1.54, 1.807) is 0 Å². The van der Waals surface area contributed by atoms with Gasteiger partial charge in [-0.15, -0.1) is 0 Å². The maximum absolute atomic E-state index is 11.9. The fourth-order valence-corrected chi connectivity index (χ4v) is 2.00. The summed E-state index contributed by atoms with van der Waals surface area (Å²) in [5, 5.41) is 13.1. The number of nitrogens with one attached hydrogen (secondary N) is 1. The molecule has 0 radical (unpaired) electrons. The first-order valence-corrected chi connectivity index (χ1v) is 6.75. The lowest BCUT2D eigenvalue weighted by Crippen LogP contribution is -2.43. The Hall–Kier alpha value is -1.39. The van der Waals surface area contributed by atoms with Crippen LogP contribution in [0.1, 0.15) is 26.7 Å². The van der Waals surface area contributed by atoms with Crippen molar-refractivity contribution in [1.82, 2.24) is 4.90 Å². The van der Waals surface area contributed by atoms with Crippen molar-refractivity contribution in [3.05, 3.63) is 30.3 Å². The molecule has 106 valence electrons. The molecule has 0 aliphatic carbocycles. The molecule has 1 aromatic rings. The summed E-state index contributed by atoms with van der Waals surface area (Å²) in [6, 6.07) is 9.38. The molecule has 1 rings (SSSR count). The van der Waals surface area contributed by atoms with Gasteiger partial charge in [-0.1, -0.05) is 32.0 Å². The molecule has 4 nitrogen and oxygen atoms in total. The van der Waals surface area contributed by atoms with E-state index < -0.39 is 5.60 Å². The zero-order valence-electron chi connectivity index (χ0n) is 12.0. The molecule has 0 aliphatic heterocycles. The number of anilines is 1. The smallest absolute Gasteiger partial charge is 0.238 e. The topological polar surface area (TPSA) is 52.6 Å². The van der Waals surface area contributed by atoms with Crippen LogP contribution in [0.3, 0.4) is 0 Å². The number of benzene rings is 1. The number of amides is 1. The van der Waals surface area contributed by atoms with Crippen molar-refractivity contribution in [2.45, 2.75) is 32.3 Å². The first-order valence-electron chi connectivity index (χ1n) is 6.75. The maximum Gasteiger partial charge on any atom is 0.238 e. The molecule has 4 heteroatoms. The third-order valence-corrected chi connectivity index (χ3v) is 3.35. The molecule has 0 saturated heterocycles. The van der Waals surface area contributed by atoms with Gasteiger partial charge in [0, 0.05) is 12.2 Å².